The van der Waals surface area contributed by atoms with Gasteiger partial charge >= 0.3 is 0 Å². The molecular formula is C14H28ClN3O2. The van der Waals surface area contributed by atoms with Crippen molar-refractivity contribution in [2.75, 3.05) is 19.6 Å². The molecule has 5 nitrogen and oxygen atoms in total. The molecule has 0 aliphatic carbocycles. The summed E-state index contributed by atoms with van der Waals surface area (Å²) in [5.41, 5.74) is 5.40. The molecule has 1 heterocycles. The van der Waals surface area contributed by atoms with Gasteiger partial charge in [0.25, 0.3) is 0 Å². The fraction of sp³-hybridized carbons (Fsp3) is 0.857. The predicted octanol–water partition coefficient (Wildman–Crippen LogP) is 1.30. The highest BCUT2D eigenvalue weighted by Crippen LogP contribution is 2.17. The number of nitrogens with zero attached hydrogens (tertiary/aromatic N) is 1. The van der Waals surface area contributed by atoms with Crippen LogP contribution < -0.4 is 11.1 Å². The zero-order valence-electron chi connectivity index (χ0n) is 12.6. The first-order valence-corrected chi connectivity index (χ1v) is 7.36. The van der Waals surface area contributed by atoms with Crippen LogP contribution in [0, 0.1) is 5.92 Å². The maximum Gasteiger partial charge on any atom is 0.225 e. The largest absolute Gasteiger partial charge is 0.353 e. The number of rotatable bonds is 6. The number of piperidine rings is 1. The van der Waals surface area contributed by atoms with E-state index in [-0.39, 0.29) is 36.2 Å². The monoisotopic (exact) mass is 305 g/mol. The van der Waals surface area contributed by atoms with Crippen molar-refractivity contribution >= 4 is 24.2 Å². The Kier molecular flexibility index (Phi) is 9.59. The van der Waals surface area contributed by atoms with E-state index in [1.165, 1.54) is 0 Å². The van der Waals surface area contributed by atoms with Gasteiger partial charge in [0.05, 0.1) is 5.92 Å². The van der Waals surface area contributed by atoms with Crippen LogP contribution in [0.3, 0.4) is 0 Å². The molecule has 0 spiro atoms. The van der Waals surface area contributed by atoms with Crippen molar-refractivity contribution in [2.24, 2.45) is 11.7 Å². The van der Waals surface area contributed by atoms with Crippen molar-refractivity contribution in [3.8, 4) is 0 Å². The minimum absolute atomic E-state index is 0. The Morgan fingerprint density at radius 1 is 1.45 bits per heavy atom. The number of amides is 2. The van der Waals surface area contributed by atoms with Crippen LogP contribution in [0.2, 0.25) is 0 Å². The Bertz CT molecular complexity index is 313. The van der Waals surface area contributed by atoms with E-state index < -0.39 is 0 Å². The Labute approximate surface area is 128 Å². The molecule has 6 heteroatoms. The molecule has 1 saturated heterocycles. The zero-order valence-corrected chi connectivity index (χ0v) is 13.4. The van der Waals surface area contributed by atoms with Crippen LogP contribution in [0.4, 0.5) is 0 Å². The molecule has 118 valence electrons. The summed E-state index contributed by atoms with van der Waals surface area (Å²) in [5.74, 6) is 0.0996. The SMILES string of the molecule is CCCC(C)NC(=O)C1CCCN(C(=O)CCN)C1.Cl. The Morgan fingerprint density at radius 3 is 2.75 bits per heavy atom. The summed E-state index contributed by atoms with van der Waals surface area (Å²) in [6.07, 6.45) is 4.20. The zero-order chi connectivity index (χ0) is 14.3. The third-order valence-electron chi connectivity index (χ3n) is 3.61. The third kappa shape index (κ3) is 6.09. The van der Waals surface area contributed by atoms with Gasteiger partial charge in [-0.05, 0) is 26.2 Å². The van der Waals surface area contributed by atoms with Crippen molar-refractivity contribution in [3.63, 3.8) is 0 Å². The van der Waals surface area contributed by atoms with E-state index in [9.17, 15) is 9.59 Å². The summed E-state index contributed by atoms with van der Waals surface area (Å²) in [6, 6.07) is 0.215. The average molecular weight is 306 g/mol. The van der Waals surface area contributed by atoms with Gasteiger partial charge in [-0.15, -0.1) is 12.4 Å². The van der Waals surface area contributed by atoms with Gasteiger partial charge in [0.1, 0.15) is 0 Å². The predicted molar refractivity (Wildman–Crippen MR) is 82.7 cm³/mol. The number of carbonyl (C=O) groups excluding carboxylic acids is 2. The molecule has 1 fully saturated rings. The normalized spacial score (nSPS) is 19.9. The van der Waals surface area contributed by atoms with Crippen LogP contribution in [-0.2, 0) is 9.59 Å². The van der Waals surface area contributed by atoms with E-state index in [0.717, 1.165) is 32.2 Å². The molecule has 1 aliphatic heterocycles. The fourth-order valence-electron chi connectivity index (χ4n) is 2.57. The lowest BCUT2D eigenvalue weighted by Gasteiger charge is -2.32. The van der Waals surface area contributed by atoms with Crippen LogP contribution in [-0.4, -0.2) is 42.4 Å². The molecule has 0 radical (unpaired) electrons. The van der Waals surface area contributed by atoms with E-state index in [2.05, 4.69) is 12.2 Å². The number of nitrogens with one attached hydrogen (secondary N) is 1. The van der Waals surface area contributed by atoms with E-state index in [0.29, 0.717) is 19.5 Å². The van der Waals surface area contributed by atoms with Crippen LogP contribution in [0.1, 0.15) is 46.0 Å². The molecule has 2 amide bonds. The van der Waals surface area contributed by atoms with Gasteiger partial charge in [-0.1, -0.05) is 13.3 Å². The molecule has 0 aromatic heterocycles. The smallest absolute Gasteiger partial charge is 0.225 e. The molecule has 0 bridgehead atoms. The van der Waals surface area contributed by atoms with Crippen LogP contribution >= 0.6 is 12.4 Å². The standard InChI is InChI=1S/C14H27N3O2.ClH/c1-3-5-11(2)16-14(19)12-6-4-9-17(10-12)13(18)7-8-15;/h11-12H,3-10,15H2,1-2H3,(H,16,19);1H. The number of hydrogen-bond donors (Lipinski definition) is 2. The average Bonchev–Trinajstić information content (AvgIpc) is 2.39. The Balaban J connectivity index is 0.00000361. The van der Waals surface area contributed by atoms with Crippen LogP contribution in [0.15, 0.2) is 0 Å². The maximum absolute atomic E-state index is 12.1. The van der Waals surface area contributed by atoms with Gasteiger partial charge in [0.2, 0.25) is 11.8 Å². The van der Waals surface area contributed by atoms with Crippen LogP contribution in [0.25, 0.3) is 0 Å². The van der Waals surface area contributed by atoms with E-state index in [1.807, 2.05) is 6.92 Å². The quantitative estimate of drug-likeness (QED) is 0.776. The number of likely N-dealkylation sites (tertiary alicyclic amines) is 1. The first-order chi connectivity index (χ1) is 9.08. The third-order valence-corrected chi connectivity index (χ3v) is 3.61. The van der Waals surface area contributed by atoms with Gasteiger partial charge in [0.15, 0.2) is 0 Å². The molecule has 1 aliphatic rings. The lowest BCUT2D eigenvalue weighted by molar-refractivity contribution is -0.135. The molecule has 1 rings (SSSR count). The van der Waals surface area contributed by atoms with Gasteiger partial charge in [0, 0.05) is 32.1 Å². The lowest BCUT2D eigenvalue weighted by atomic mass is 9.96. The topological polar surface area (TPSA) is 75.4 Å². The number of halogens is 1. The highest BCUT2D eigenvalue weighted by atomic mass is 35.5. The van der Waals surface area contributed by atoms with Gasteiger partial charge in [-0.25, -0.2) is 0 Å². The summed E-state index contributed by atoms with van der Waals surface area (Å²) in [4.78, 5) is 25.7. The molecule has 2 atom stereocenters. The first-order valence-electron chi connectivity index (χ1n) is 7.36. The second-order valence-electron chi connectivity index (χ2n) is 5.42. The van der Waals surface area contributed by atoms with Gasteiger partial charge in [-0.2, -0.15) is 0 Å². The molecule has 2 unspecified atom stereocenters. The van der Waals surface area contributed by atoms with Gasteiger partial charge < -0.3 is 16.0 Å². The molecular weight excluding hydrogens is 278 g/mol. The van der Waals surface area contributed by atoms with Crippen molar-refractivity contribution in [1.82, 2.24) is 10.2 Å². The van der Waals surface area contributed by atoms with Crippen LogP contribution in [0.5, 0.6) is 0 Å². The second-order valence-corrected chi connectivity index (χ2v) is 5.42. The highest BCUT2D eigenvalue weighted by molar-refractivity contribution is 5.85. The summed E-state index contributed by atoms with van der Waals surface area (Å²) in [5, 5.41) is 3.04. The number of nitrogens with two attached hydrogens (primary N) is 1. The first kappa shape index (κ1) is 19.2. The summed E-state index contributed by atoms with van der Waals surface area (Å²) >= 11 is 0. The molecule has 0 aromatic carbocycles. The summed E-state index contributed by atoms with van der Waals surface area (Å²) in [7, 11) is 0. The second kappa shape index (κ2) is 10.00. The van der Waals surface area contributed by atoms with Crippen molar-refractivity contribution in [1.29, 1.82) is 0 Å². The lowest BCUT2D eigenvalue weighted by Crippen LogP contribution is -2.47. The van der Waals surface area contributed by atoms with Gasteiger partial charge in [-0.3, -0.25) is 9.59 Å². The minimum Gasteiger partial charge on any atom is -0.353 e. The Morgan fingerprint density at radius 2 is 2.15 bits per heavy atom. The fourth-order valence-corrected chi connectivity index (χ4v) is 2.57. The molecule has 3 N–H and O–H groups in total. The number of carbonyl (C=O) groups is 2. The summed E-state index contributed by atoms with van der Waals surface area (Å²) < 4.78 is 0. The van der Waals surface area contributed by atoms with E-state index in [1.54, 1.807) is 4.90 Å². The number of hydrogen-bond acceptors (Lipinski definition) is 3. The highest BCUT2D eigenvalue weighted by Gasteiger charge is 2.28. The van der Waals surface area contributed by atoms with E-state index in [4.69, 9.17) is 5.73 Å². The summed E-state index contributed by atoms with van der Waals surface area (Å²) in [6.45, 7) is 5.81. The molecule has 0 aromatic rings. The van der Waals surface area contributed by atoms with E-state index >= 15 is 0 Å². The maximum atomic E-state index is 12.1. The Hall–Kier alpha value is -0.810. The van der Waals surface area contributed by atoms with Crippen molar-refractivity contribution < 1.29 is 9.59 Å². The minimum atomic E-state index is -0.0604. The molecule has 0 saturated carbocycles. The molecule has 20 heavy (non-hydrogen) atoms. The van der Waals surface area contributed by atoms with Crippen molar-refractivity contribution in [2.45, 2.75) is 52.0 Å². The van der Waals surface area contributed by atoms with Crippen molar-refractivity contribution in [3.05, 3.63) is 0 Å².